The molecule has 1 aromatic rings. The Morgan fingerprint density at radius 3 is 2.75 bits per heavy atom. The van der Waals surface area contributed by atoms with Gasteiger partial charge in [-0.15, -0.1) is 0 Å². The van der Waals surface area contributed by atoms with Crippen LogP contribution in [0, 0.1) is 0 Å². The van der Waals surface area contributed by atoms with Crippen LogP contribution in [0.1, 0.15) is 0 Å². The molecule has 1 aromatic heterocycles. The molecule has 0 spiro atoms. The van der Waals surface area contributed by atoms with Crippen molar-refractivity contribution in [3.05, 3.63) is 30.7 Å². The molecule has 0 saturated carbocycles. The number of aliphatic imine (C=N–C) groups is 1. The summed E-state index contributed by atoms with van der Waals surface area (Å²) < 4.78 is 5.12. The van der Waals surface area contributed by atoms with Crippen molar-refractivity contribution >= 4 is 12.2 Å². The zero-order chi connectivity index (χ0) is 11.4. The van der Waals surface area contributed by atoms with Crippen molar-refractivity contribution in [2.75, 3.05) is 0 Å². The lowest BCUT2D eigenvalue weighted by Gasteiger charge is -2.26. The van der Waals surface area contributed by atoms with E-state index in [1.807, 2.05) is 0 Å². The first-order valence-electron chi connectivity index (χ1n) is 4.40. The summed E-state index contributed by atoms with van der Waals surface area (Å²) in [6, 6.07) is 1.53. The maximum atomic E-state index is 11.1. The highest BCUT2D eigenvalue weighted by Gasteiger charge is 2.41. The molecule has 0 radical (unpaired) electrons. The molecule has 0 saturated heterocycles. The second-order valence-electron chi connectivity index (χ2n) is 2.86. The van der Waals surface area contributed by atoms with Crippen molar-refractivity contribution < 1.29 is 14.6 Å². The summed E-state index contributed by atoms with van der Waals surface area (Å²) in [5.41, 5.74) is 0. The molecular weight excluding hydrogens is 212 g/mol. The molecule has 0 aliphatic carbocycles. The number of carboxylic acids is 1. The van der Waals surface area contributed by atoms with Gasteiger partial charge in [0.25, 0.3) is 0 Å². The number of allylic oxidation sites excluding steroid dienone is 1. The zero-order valence-electron chi connectivity index (χ0n) is 8.07. The molecule has 16 heavy (non-hydrogen) atoms. The molecule has 1 aliphatic rings. The van der Waals surface area contributed by atoms with Crippen LogP contribution >= 0.6 is 0 Å². The Labute approximate surface area is 90.5 Å². The largest absolute Gasteiger partial charge is 0.475 e. The van der Waals surface area contributed by atoms with E-state index in [9.17, 15) is 4.79 Å². The highest BCUT2D eigenvalue weighted by molar-refractivity contribution is 5.83. The van der Waals surface area contributed by atoms with Crippen molar-refractivity contribution in [3.63, 3.8) is 0 Å². The van der Waals surface area contributed by atoms with Crippen molar-refractivity contribution in [2.24, 2.45) is 4.99 Å². The average molecular weight is 220 g/mol. The Balaban J connectivity index is 2.25. The van der Waals surface area contributed by atoms with Gasteiger partial charge in [-0.25, -0.2) is 19.8 Å². The van der Waals surface area contributed by atoms with Crippen LogP contribution in [0.15, 0.2) is 35.7 Å². The third-order valence-corrected chi connectivity index (χ3v) is 1.79. The lowest BCUT2D eigenvalue weighted by atomic mass is 10.4. The number of nitrogens with one attached hydrogen (secondary N) is 1. The Kier molecular flexibility index (Phi) is 2.50. The molecule has 0 aromatic carbocycles. The Bertz CT molecular complexity index is 445. The third kappa shape index (κ3) is 1.83. The maximum absolute atomic E-state index is 11.1. The van der Waals surface area contributed by atoms with E-state index in [0.717, 1.165) is 0 Å². The summed E-state index contributed by atoms with van der Waals surface area (Å²) in [4.78, 5) is 22.4. The predicted octanol–water partition coefficient (Wildman–Crippen LogP) is -0.218. The number of hydrogen-bond acceptors (Lipinski definition) is 6. The summed E-state index contributed by atoms with van der Waals surface area (Å²) in [5.74, 6) is -3.17. The Hall–Kier alpha value is -2.44. The summed E-state index contributed by atoms with van der Waals surface area (Å²) in [7, 11) is 0. The minimum Gasteiger partial charge on any atom is -0.475 e. The van der Waals surface area contributed by atoms with Gasteiger partial charge >= 0.3 is 17.8 Å². The number of nitrogens with zero attached hydrogens (tertiary/aromatic N) is 3. The van der Waals surface area contributed by atoms with Gasteiger partial charge < -0.3 is 15.2 Å². The van der Waals surface area contributed by atoms with Crippen LogP contribution in [0.5, 0.6) is 6.01 Å². The SMILES string of the molecule is O=C(O)C1(Oc2ncccn2)N=CC=CN1. The molecule has 1 unspecified atom stereocenters. The van der Waals surface area contributed by atoms with Gasteiger partial charge in [-0.2, -0.15) is 0 Å². The molecule has 2 N–H and O–H groups in total. The van der Waals surface area contributed by atoms with Crippen LogP contribution in [-0.4, -0.2) is 33.1 Å². The fourth-order valence-electron chi connectivity index (χ4n) is 1.08. The standard InChI is InChI=1S/C9H8N4O3/c14-7(15)9(12-5-2-6-13-9)16-8-10-3-1-4-11-8/h1-6,12H,(H,14,15). The van der Waals surface area contributed by atoms with Crippen LogP contribution in [0.4, 0.5) is 0 Å². The first-order valence-corrected chi connectivity index (χ1v) is 4.40. The number of hydrogen-bond donors (Lipinski definition) is 2. The van der Waals surface area contributed by atoms with Crippen LogP contribution in [0.3, 0.4) is 0 Å². The second kappa shape index (κ2) is 3.97. The number of aromatic nitrogens is 2. The fourth-order valence-corrected chi connectivity index (χ4v) is 1.08. The number of ether oxygens (including phenoxy) is 1. The van der Waals surface area contributed by atoms with E-state index in [2.05, 4.69) is 20.3 Å². The minimum atomic E-state index is -1.89. The molecule has 0 bridgehead atoms. The maximum Gasteiger partial charge on any atom is 0.395 e. The quantitative estimate of drug-likeness (QED) is 0.731. The topological polar surface area (TPSA) is 96.7 Å². The van der Waals surface area contributed by atoms with Gasteiger partial charge in [0.1, 0.15) is 0 Å². The average Bonchev–Trinajstić information content (AvgIpc) is 2.31. The number of aliphatic carboxylic acids is 1. The van der Waals surface area contributed by atoms with E-state index < -0.39 is 11.8 Å². The van der Waals surface area contributed by atoms with Gasteiger partial charge in [-0.3, -0.25) is 0 Å². The molecule has 0 fully saturated rings. The van der Waals surface area contributed by atoms with Crippen LogP contribution in [-0.2, 0) is 4.79 Å². The third-order valence-electron chi connectivity index (χ3n) is 1.79. The molecule has 0 amide bonds. The minimum absolute atomic E-state index is 0.0650. The van der Waals surface area contributed by atoms with Crippen LogP contribution in [0.25, 0.3) is 0 Å². The number of carboxylic acid groups (broad SMARTS) is 1. The molecule has 7 nitrogen and oxygen atoms in total. The van der Waals surface area contributed by atoms with Crippen molar-refractivity contribution in [1.82, 2.24) is 15.3 Å². The molecule has 2 rings (SSSR count). The summed E-state index contributed by atoms with van der Waals surface area (Å²) >= 11 is 0. The molecule has 1 aliphatic heterocycles. The first kappa shape index (κ1) is 10.1. The highest BCUT2D eigenvalue weighted by atomic mass is 16.6. The zero-order valence-corrected chi connectivity index (χ0v) is 8.07. The van der Waals surface area contributed by atoms with E-state index in [-0.39, 0.29) is 6.01 Å². The van der Waals surface area contributed by atoms with Crippen LogP contribution in [0.2, 0.25) is 0 Å². The van der Waals surface area contributed by atoms with Gasteiger partial charge in [0.15, 0.2) is 0 Å². The second-order valence-corrected chi connectivity index (χ2v) is 2.86. The van der Waals surface area contributed by atoms with Gasteiger partial charge in [-0.05, 0) is 12.1 Å². The van der Waals surface area contributed by atoms with Crippen molar-refractivity contribution in [3.8, 4) is 6.01 Å². The van der Waals surface area contributed by atoms with E-state index in [4.69, 9.17) is 9.84 Å². The summed E-state index contributed by atoms with van der Waals surface area (Å²) in [6.45, 7) is 0. The molecule has 1 atom stereocenters. The smallest absolute Gasteiger partial charge is 0.395 e. The van der Waals surface area contributed by atoms with E-state index in [1.54, 1.807) is 12.1 Å². The van der Waals surface area contributed by atoms with E-state index >= 15 is 0 Å². The summed E-state index contributed by atoms with van der Waals surface area (Å²) in [6.07, 6.45) is 7.19. The van der Waals surface area contributed by atoms with Gasteiger partial charge in [0.2, 0.25) is 0 Å². The normalized spacial score (nSPS) is 22.5. The number of carbonyl (C=O) groups is 1. The fraction of sp³-hybridized carbons (Fsp3) is 0.111. The van der Waals surface area contributed by atoms with E-state index in [1.165, 1.54) is 24.8 Å². The van der Waals surface area contributed by atoms with Gasteiger partial charge in [0.05, 0.1) is 0 Å². The molecule has 7 heteroatoms. The number of rotatable bonds is 3. The summed E-state index contributed by atoms with van der Waals surface area (Å²) in [5, 5.41) is 11.6. The lowest BCUT2D eigenvalue weighted by molar-refractivity contribution is -0.157. The predicted molar refractivity (Wildman–Crippen MR) is 53.8 cm³/mol. The van der Waals surface area contributed by atoms with Crippen molar-refractivity contribution in [2.45, 2.75) is 5.85 Å². The first-order chi connectivity index (χ1) is 7.73. The van der Waals surface area contributed by atoms with Gasteiger partial charge in [0, 0.05) is 24.8 Å². The molecule has 2 heterocycles. The lowest BCUT2D eigenvalue weighted by Crippen LogP contribution is -2.54. The molecular formula is C9H8N4O3. The van der Waals surface area contributed by atoms with Crippen LogP contribution < -0.4 is 10.1 Å². The Morgan fingerprint density at radius 2 is 2.19 bits per heavy atom. The monoisotopic (exact) mass is 220 g/mol. The van der Waals surface area contributed by atoms with Crippen molar-refractivity contribution in [1.29, 1.82) is 0 Å². The van der Waals surface area contributed by atoms with Gasteiger partial charge in [-0.1, -0.05) is 0 Å². The Morgan fingerprint density at radius 1 is 1.44 bits per heavy atom. The molecule has 82 valence electrons. The van der Waals surface area contributed by atoms with E-state index in [0.29, 0.717) is 0 Å². The highest BCUT2D eigenvalue weighted by Crippen LogP contribution is 2.14.